The van der Waals surface area contributed by atoms with Crippen LogP contribution in [-0.2, 0) is 22.4 Å². The maximum Gasteiger partial charge on any atom is 0.330 e. The number of rotatable bonds is 6. The van der Waals surface area contributed by atoms with E-state index in [0.29, 0.717) is 18.7 Å². The number of nitrogens with one attached hydrogen (secondary N) is 1. The van der Waals surface area contributed by atoms with Crippen LogP contribution in [0.15, 0.2) is 54.6 Å². The van der Waals surface area contributed by atoms with Crippen LogP contribution >= 0.6 is 0 Å². The average Bonchev–Trinajstić information content (AvgIpc) is 2.67. The Hall–Kier alpha value is -2.39. The third-order valence-corrected chi connectivity index (χ3v) is 4.99. The maximum atomic E-state index is 11.6. The van der Waals surface area contributed by atoms with Gasteiger partial charge in [0.2, 0.25) is 0 Å². The van der Waals surface area contributed by atoms with E-state index in [9.17, 15) is 4.79 Å². The van der Waals surface area contributed by atoms with Crippen molar-refractivity contribution in [2.24, 2.45) is 0 Å². The molecule has 26 heavy (non-hydrogen) atoms. The molecule has 2 aromatic rings. The Balaban J connectivity index is 1.67. The summed E-state index contributed by atoms with van der Waals surface area (Å²) in [6, 6.07) is 17.8. The standard InChI is InChI=1S/C23H27NO2/c1-3-26-23(25)15-12-19-10-7-11-20-16-21(13-14-22(19)20)24-17(2)18-8-5-4-6-9-18/h4-12,15,17,21,24H,3,13-14,16H2,1-2H3/b15-12+/t17-,21+/m1/s1. The maximum absolute atomic E-state index is 11.6. The molecule has 3 heteroatoms. The molecule has 2 atom stereocenters. The van der Waals surface area contributed by atoms with E-state index in [2.05, 4.69) is 60.8 Å². The zero-order chi connectivity index (χ0) is 18.4. The molecule has 0 unspecified atom stereocenters. The van der Waals surface area contributed by atoms with Crippen LogP contribution in [0, 0.1) is 0 Å². The van der Waals surface area contributed by atoms with Gasteiger partial charge in [0.25, 0.3) is 0 Å². The van der Waals surface area contributed by atoms with Gasteiger partial charge in [-0.25, -0.2) is 4.79 Å². The van der Waals surface area contributed by atoms with Gasteiger partial charge in [0, 0.05) is 18.2 Å². The fourth-order valence-electron chi connectivity index (χ4n) is 3.67. The van der Waals surface area contributed by atoms with E-state index in [4.69, 9.17) is 4.74 Å². The van der Waals surface area contributed by atoms with E-state index < -0.39 is 0 Å². The topological polar surface area (TPSA) is 38.3 Å². The molecule has 0 aromatic heterocycles. The van der Waals surface area contributed by atoms with Crippen molar-refractivity contribution in [1.82, 2.24) is 5.32 Å². The highest BCUT2D eigenvalue weighted by atomic mass is 16.5. The second-order valence-corrected chi connectivity index (χ2v) is 6.81. The molecule has 1 N–H and O–H groups in total. The molecule has 0 spiro atoms. The van der Waals surface area contributed by atoms with Crippen LogP contribution in [0.3, 0.4) is 0 Å². The lowest BCUT2D eigenvalue weighted by molar-refractivity contribution is -0.137. The molecule has 0 bridgehead atoms. The molecule has 2 aromatic carbocycles. The van der Waals surface area contributed by atoms with Crippen molar-refractivity contribution in [3.63, 3.8) is 0 Å². The van der Waals surface area contributed by atoms with Crippen LogP contribution in [0.4, 0.5) is 0 Å². The SMILES string of the molecule is CCOC(=O)/C=C/c1cccc2c1CC[C@H](N[C@H](C)c1ccccc1)C2. The molecule has 3 nitrogen and oxygen atoms in total. The molecule has 0 saturated heterocycles. The highest BCUT2D eigenvalue weighted by Crippen LogP contribution is 2.27. The Bertz CT molecular complexity index is 767. The van der Waals surface area contributed by atoms with Gasteiger partial charge in [-0.15, -0.1) is 0 Å². The van der Waals surface area contributed by atoms with Gasteiger partial charge >= 0.3 is 5.97 Å². The van der Waals surface area contributed by atoms with Gasteiger partial charge in [0.1, 0.15) is 0 Å². The van der Waals surface area contributed by atoms with Crippen molar-refractivity contribution in [1.29, 1.82) is 0 Å². The Morgan fingerprint density at radius 2 is 2.04 bits per heavy atom. The molecule has 0 amide bonds. The van der Waals surface area contributed by atoms with E-state index in [1.54, 1.807) is 0 Å². The molecule has 0 aliphatic heterocycles. The highest BCUT2D eigenvalue weighted by Gasteiger charge is 2.21. The summed E-state index contributed by atoms with van der Waals surface area (Å²) in [4.78, 5) is 11.6. The van der Waals surface area contributed by atoms with Crippen LogP contribution in [-0.4, -0.2) is 18.6 Å². The number of carbonyl (C=O) groups is 1. The van der Waals surface area contributed by atoms with Crippen molar-refractivity contribution >= 4 is 12.0 Å². The van der Waals surface area contributed by atoms with Gasteiger partial charge in [-0.05, 0) is 61.4 Å². The quantitative estimate of drug-likeness (QED) is 0.618. The first-order valence-electron chi connectivity index (χ1n) is 9.44. The monoisotopic (exact) mass is 349 g/mol. The van der Waals surface area contributed by atoms with Crippen molar-refractivity contribution in [2.75, 3.05) is 6.61 Å². The van der Waals surface area contributed by atoms with Gasteiger partial charge < -0.3 is 10.1 Å². The highest BCUT2D eigenvalue weighted by molar-refractivity contribution is 5.87. The minimum atomic E-state index is -0.280. The lowest BCUT2D eigenvalue weighted by Gasteiger charge is -2.29. The zero-order valence-electron chi connectivity index (χ0n) is 15.6. The Kier molecular flexibility index (Phi) is 6.24. The zero-order valence-corrected chi connectivity index (χ0v) is 15.6. The molecule has 1 aliphatic carbocycles. The smallest absolute Gasteiger partial charge is 0.330 e. The first-order chi connectivity index (χ1) is 12.7. The van der Waals surface area contributed by atoms with Crippen molar-refractivity contribution in [3.05, 3.63) is 76.9 Å². The summed E-state index contributed by atoms with van der Waals surface area (Å²) in [5, 5.41) is 3.77. The largest absolute Gasteiger partial charge is 0.463 e. The normalized spacial score (nSPS) is 17.7. The Morgan fingerprint density at radius 1 is 1.23 bits per heavy atom. The lowest BCUT2D eigenvalue weighted by atomic mass is 9.85. The van der Waals surface area contributed by atoms with Crippen LogP contribution in [0.5, 0.6) is 0 Å². The number of esters is 1. The van der Waals surface area contributed by atoms with Crippen LogP contribution < -0.4 is 5.32 Å². The second-order valence-electron chi connectivity index (χ2n) is 6.81. The molecule has 3 rings (SSSR count). The lowest BCUT2D eigenvalue weighted by Crippen LogP contribution is -2.36. The molecule has 136 valence electrons. The average molecular weight is 349 g/mol. The summed E-state index contributed by atoms with van der Waals surface area (Å²) in [6.45, 7) is 4.45. The van der Waals surface area contributed by atoms with Crippen LogP contribution in [0.2, 0.25) is 0 Å². The summed E-state index contributed by atoms with van der Waals surface area (Å²) in [5.74, 6) is -0.280. The van der Waals surface area contributed by atoms with E-state index in [0.717, 1.165) is 24.8 Å². The van der Waals surface area contributed by atoms with Crippen LogP contribution in [0.1, 0.15) is 48.6 Å². The van der Waals surface area contributed by atoms with Gasteiger partial charge in [0.15, 0.2) is 0 Å². The summed E-state index contributed by atoms with van der Waals surface area (Å²) >= 11 is 0. The van der Waals surface area contributed by atoms with E-state index >= 15 is 0 Å². The Labute approximate surface area is 156 Å². The van der Waals surface area contributed by atoms with E-state index in [1.807, 2.05) is 13.0 Å². The number of carbonyl (C=O) groups excluding carboxylic acids is 1. The van der Waals surface area contributed by atoms with Gasteiger partial charge in [-0.1, -0.05) is 48.5 Å². The molecule has 0 heterocycles. The van der Waals surface area contributed by atoms with Gasteiger partial charge in [-0.3, -0.25) is 0 Å². The van der Waals surface area contributed by atoms with Gasteiger partial charge in [-0.2, -0.15) is 0 Å². The first kappa shape index (κ1) is 18.4. The predicted molar refractivity (Wildman–Crippen MR) is 106 cm³/mol. The van der Waals surface area contributed by atoms with Crippen molar-refractivity contribution < 1.29 is 9.53 Å². The number of hydrogen-bond donors (Lipinski definition) is 1. The summed E-state index contributed by atoms with van der Waals surface area (Å²) in [5.41, 5.74) is 5.19. The fraction of sp³-hybridized carbons (Fsp3) is 0.348. The number of benzene rings is 2. The first-order valence-corrected chi connectivity index (χ1v) is 9.44. The summed E-state index contributed by atoms with van der Waals surface area (Å²) < 4.78 is 4.97. The Morgan fingerprint density at radius 3 is 2.81 bits per heavy atom. The third kappa shape index (κ3) is 4.61. The molecule has 1 aliphatic rings. The number of fused-ring (bicyclic) bond motifs is 1. The summed E-state index contributed by atoms with van der Waals surface area (Å²) in [7, 11) is 0. The number of ether oxygens (including phenoxy) is 1. The van der Waals surface area contributed by atoms with Crippen molar-refractivity contribution in [2.45, 2.75) is 45.2 Å². The third-order valence-electron chi connectivity index (χ3n) is 4.99. The van der Waals surface area contributed by atoms with E-state index in [-0.39, 0.29) is 5.97 Å². The molecule has 0 radical (unpaired) electrons. The van der Waals surface area contributed by atoms with Gasteiger partial charge in [0.05, 0.1) is 6.61 Å². The van der Waals surface area contributed by atoms with Crippen LogP contribution in [0.25, 0.3) is 6.08 Å². The molecular formula is C23H27NO2. The molecular weight excluding hydrogens is 322 g/mol. The molecule has 0 fully saturated rings. The predicted octanol–water partition coefficient (Wildman–Crippen LogP) is 4.47. The minimum Gasteiger partial charge on any atom is -0.463 e. The van der Waals surface area contributed by atoms with E-state index in [1.165, 1.54) is 22.8 Å². The fourth-order valence-corrected chi connectivity index (χ4v) is 3.67. The summed E-state index contributed by atoms with van der Waals surface area (Å²) in [6.07, 6.45) is 6.57. The minimum absolute atomic E-state index is 0.280. The second kappa shape index (κ2) is 8.81. The van der Waals surface area contributed by atoms with Crippen molar-refractivity contribution in [3.8, 4) is 0 Å². The molecule has 0 saturated carbocycles. The number of hydrogen-bond acceptors (Lipinski definition) is 3.